The molecule has 0 spiro atoms. The summed E-state index contributed by atoms with van der Waals surface area (Å²) in [4.78, 5) is 26.3. The van der Waals surface area contributed by atoms with Gasteiger partial charge in [-0.2, -0.15) is 0 Å². The fraction of sp³-hybridized carbons (Fsp3) is 0.350. The normalized spacial score (nSPS) is 19.0. The summed E-state index contributed by atoms with van der Waals surface area (Å²) >= 11 is 14.3. The van der Waals surface area contributed by atoms with Crippen molar-refractivity contribution in [3.05, 3.63) is 105 Å². The summed E-state index contributed by atoms with van der Waals surface area (Å²) in [6.45, 7) is 6.10. The first-order chi connectivity index (χ1) is 23.9. The molecule has 2 aliphatic rings. The van der Waals surface area contributed by atoms with Crippen molar-refractivity contribution in [2.24, 2.45) is 0 Å². The van der Waals surface area contributed by atoms with Gasteiger partial charge in [-0.3, -0.25) is 19.4 Å². The third kappa shape index (κ3) is 7.91. The fourth-order valence-electron chi connectivity index (χ4n) is 7.41. The Labute approximate surface area is 302 Å². The second-order valence-corrected chi connectivity index (χ2v) is 14.5. The number of nitrogens with zero attached hydrogens (tertiary/aromatic N) is 2. The maximum Gasteiger partial charge on any atom is 0.306 e. The summed E-state index contributed by atoms with van der Waals surface area (Å²) in [6, 6.07) is 25.0. The minimum Gasteiger partial charge on any atom is -0.481 e. The van der Waals surface area contributed by atoms with E-state index in [1.165, 1.54) is 11.1 Å². The van der Waals surface area contributed by atoms with E-state index in [2.05, 4.69) is 60.0 Å². The fourth-order valence-corrected chi connectivity index (χ4v) is 8.08. The van der Waals surface area contributed by atoms with E-state index in [1.54, 1.807) is 0 Å². The van der Waals surface area contributed by atoms with Gasteiger partial charge in [-0.05, 0) is 60.1 Å². The van der Waals surface area contributed by atoms with Crippen LogP contribution in [-0.4, -0.2) is 79.5 Å². The van der Waals surface area contributed by atoms with E-state index in [1.807, 2.05) is 36.4 Å². The molecule has 2 heterocycles. The number of rotatable bonds is 11. The van der Waals surface area contributed by atoms with E-state index in [0.29, 0.717) is 36.2 Å². The van der Waals surface area contributed by atoms with Gasteiger partial charge in [-0.15, -0.1) is 0 Å². The van der Waals surface area contributed by atoms with E-state index >= 15 is 0 Å². The highest BCUT2D eigenvalue weighted by Crippen LogP contribution is 2.43. The van der Waals surface area contributed by atoms with Crippen LogP contribution < -0.4 is 0 Å². The monoisotopic (exact) mass is 716 g/mol. The zero-order valence-corrected chi connectivity index (χ0v) is 29.7. The van der Waals surface area contributed by atoms with Crippen molar-refractivity contribution in [3.63, 3.8) is 0 Å². The maximum absolute atomic E-state index is 11.0. The lowest BCUT2D eigenvalue weighted by Crippen LogP contribution is -2.43. The summed E-state index contributed by atoms with van der Waals surface area (Å²) in [5.41, 5.74) is 10.2. The van der Waals surface area contributed by atoms with Gasteiger partial charge in [-0.25, -0.2) is 0 Å². The summed E-state index contributed by atoms with van der Waals surface area (Å²) in [5, 5.41) is 39.8. The average Bonchev–Trinajstić information content (AvgIpc) is 3.05. The molecular weight excluding hydrogens is 675 g/mol. The first-order valence-corrected chi connectivity index (χ1v) is 17.7. The molecule has 50 heavy (non-hydrogen) atoms. The van der Waals surface area contributed by atoms with Gasteiger partial charge in [0.1, 0.15) is 0 Å². The Hall–Kier alpha value is -3.76. The van der Waals surface area contributed by atoms with Gasteiger partial charge < -0.3 is 20.4 Å². The van der Waals surface area contributed by atoms with Crippen molar-refractivity contribution in [2.45, 2.75) is 76.9 Å². The van der Waals surface area contributed by atoms with Gasteiger partial charge in [-0.1, -0.05) is 96.0 Å². The number of β-amino-alcohol motifs (C(OH)–C–C–N with tert-alkyl or cyclic N) is 2. The molecule has 0 amide bonds. The van der Waals surface area contributed by atoms with Gasteiger partial charge in [0.2, 0.25) is 0 Å². The van der Waals surface area contributed by atoms with Crippen LogP contribution in [0.1, 0.15) is 48.9 Å². The highest BCUT2D eigenvalue weighted by molar-refractivity contribution is 6.39. The molecule has 4 N–H and O–H groups in total. The number of carboxylic acids is 2. The molecule has 262 valence electrons. The highest BCUT2D eigenvalue weighted by Gasteiger charge is 2.28. The number of carbonyl (C=O) groups is 2. The van der Waals surface area contributed by atoms with Crippen LogP contribution in [0.25, 0.3) is 33.4 Å². The summed E-state index contributed by atoms with van der Waals surface area (Å²) in [6.07, 6.45) is -0.815. The van der Waals surface area contributed by atoms with Crippen molar-refractivity contribution >= 4 is 35.1 Å². The third-order valence-corrected chi connectivity index (χ3v) is 10.9. The van der Waals surface area contributed by atoms with Gasteiger partial charge >= 0.3 is 11.9 Å². The second-order valence-electron chi connectivity index (χ2n) is 13.8. The number of fused-ring (bicyclic) bond motifs is 2. The molecule has 6 rings (SSSR count). The van der Waals surface area contributed by atoms with Crippen LogP contribution in [0.5, 0.6) is 0 Å². The third-order valence-electron chi connectivity index (χ3n) is 10.1. The van der Waals surface area contributed by atoms with Crippen molar-refractivity contribution < 1.29 is 30.0 Å². The maximum atomic E-state index is 11.0. The van der Waals surface area contributed by atoms with Crippen molar-refractivity contribution in [1.82, 2.24) is 9.80 Å². The Kier molecular flexibility index (Phi) is 11.0. The molecule has 8 nitrogen and oxygen atoms in total. The molecule has 0 fully saturated rings. The Balaban J connectivity index is 1.24. The molecular formula is C40H42Cl2N2O6. The van der Waals surface area contributed by atoms with Crippen molar-refractivity contribution in [2.75, 3.05) is 13.1 Å². The van der Waals surface area contributed by atoms with E-state index < -0.39 is 24.1 Å². The number of hydrogen-bond donors (Lipinski definition) is 4. The van der Waals surface area contributed by atoms with Crippen LogP contribution in [-0.2, 0) is 35.5 Å². The molecule has 0 aromatic heterocycles. The van der Waals surface area contributed by atoms with Crippen molar-refractivity contribution in [3.8, 4) is 33.4 Å². The van der Waals surface area contributed by atoms with E-state index in [-0.39, 0.29) is 24.9 Å². The average molecular weight is 718 g/mol. The quantitative estimate of drug-likeness (QED) is 0.129. The van der Waals surface area contributed by atoms with Crippen LogP contribution in [0.15, 0.2) is 72.8 Å². The van der Waals surface area contributed by atoms with E-state index in [4.69, 9.17) is 33.4 Å². The van der Waals surface area contributed by atoms with E-state index in [9.17, 15) is 19.8 Å². The second kappa shape index (κ2) is 15.2. The van der Waals surface area contributed by atoms with E-state index in [0.717, 1.165) is 57.3 Å². The minimum absolute atomic E-state index is 0.145. The van der Waals surface area contributed by atoms with Crippen molar-refractivity contribution in [1.29, 1.82) is 0 Å². The molecule has 0 radical (unpaired) electrons. The Bertz CT molecular complexity index is 1780. The Morgan fingerprint density at radius 3 is 1.40 bits per heavy atom. The van der Waals surface area contributed by atoms with Gasteiger partial charge in [0.25, 0.3) is 0 Å². The first-order valence-electron chi connectivity index (χ1n) is 17.0. The molecule has 0 aliphatic carbocycles. The molecule has 10 heteroatoms. The van der Waals surface area contributed by atoms with Crippen LogP contribution in [0, 0.1) is 0 Å². The number of hydrogen-bond acceptors (Lipinski definition) is 6. The zero-order valence-electron chi connectivity index (χ0n) is 28.2. The first kappa shape index (κ1) is 36.0. The zero-order chi connectivity index (χ0) is 35.7. The molecule has 0 saturated heterocycles. The largest absolute Gasteiger partial charge is 0.481 e. The number of aliphatic hydroxyl groups excluding tert-OH is 2. The molecule has 0 bridgehead atoms. The SMILES string of the molecule is CC1Cc2cc(-c3cccc(-c4cccc(-c5ccc6c(c5)CC(C)N(C[C@@H](O)CC(=O)O)C6)c4Cl)c3Cl)ccc2CN1C[C@@H](O)CC(=O)O. The molecule has 4 aromatic carbocycles. The van der Waals surface area contributed by atoms with Crippen LogP contribution in [0.4, 0.5) is 0 Å². The molecule has 2 unspecified atom stereocenters. The summed E-state index contributed by atoms with van der Waals surface area (Å²) in [5.74, 6) is -2.01. The lowest BCUT2D eigenvalue weighted by atomic mass is 9.89. The number of aliphatic hydroxyl groups is 2. The lowest BCUT2D eigenvalue weighted by molar-refractivity contribution is -0.140. The summed E-state index contributed by atoms with van der Waals surface area (Å²) < 4.78 is 0. The van der Waals surface area contributed by atoms with Gasteiger partial charge in [0.05, 0.1) is 35.1 Å². The van der Waals surface area contributed by atoms with Crippen LogP contribution in [0.3, 0.4) is 0 Å². The number of halogens is 2. The molecule has 0 saturated carbocycles. The molecule has 4 atom stereocenters. The minimum atomic E-state index is -1.00. The predicted octanol–water partition coefficient (Wildman–Crippen LogP) is 7.16. The Morgan fingerprint density at radius 2 is 1.02 bits per heavy atom. The van der Waals surface area contributed by atoms with Gasteiger partial charge in [0.15, 0.2) is 0 Å². The number of carboxylic acid groups (broad SMARTS) is 2. The molecule has 4 aromatic rings. The Morgan fingerprint density at radius 1 is 0.640 bits per heavy atom. The van der Waals surface area contributed by atoms with Crippen LogP contribution >= 0.6 is 23.2 Å². The predicted molar refractivity (Wildman–Crippen MR) is 196 cm³/mol. The standard InChI is InChI=1S/C40H42Cl2N2O6/c1-23-13-29-15-25(9-11-27(29)19-43(23)21-31(45)17-37(47)48)33-5-3-7-35(39(33)41)36-8-4-6-34(40(36)42)26-10-12-28-20-44(22-32(46)18-38(49)50)24(2)14-30(28)16-26/h3-12,15-16,23-24,31-32,45-46H,13-14,17-22H2,1-2H3,(H,47,48)(H,49,50)/t23?,24?,31-,32-/m0/s1. The molecule has 2 aliphatic heterocycles. The highest BCUT2D eigenvalue weighted by atomic mass is 35.5. The number of aliphatic carboxylic acids is 2. The topological polar surface area (TPSA) is 122 Å². The smallest absolute Gasteiger partial charge is 0.306 e. The lowest BCUT2D eigenvalue weighted by Gasteiger charge is -2.36. The summed E-state index contributed by atoms with van der Waals surface area (Å²) in [7, 11) is 0. The number of benzene rings is 4. The van der Waals surface area contributed by atoms with Gasteiger partial charge in [0, 0.05) is 60.5 Å². The van der Waals surface area contributed by atoms with Crippen LogP contribution in [0.2, 0.25) is 10.0 Å².